The average molecular weight is 557 g/mol. The van der Waals surface area contributed by atoms with E-state index >= 15 is 0 Å². The summed E-state index contributed by atoms with van der Waals surface area (Å²) in [6.07, 6.45) is 2.73. The molecule has 0 bridgehead atoms. The largest absolute Gasteiger partial charge is 0.481 e. The smallest absolute Gasteiger partial charge is 0.240 e. The van der Waals surface area contributed by atoms with Crippen molar-refractivity contribution >= 4 is 16.0 Å². The number of rotatable bonds is 12. The van der Waals surface area contributed by atoms with E-state index in [2.05, 4.69) is 35.0 Å². The Balaban J connectivity index is 1.71. The normalized spacial score (nSPS) is 13.4. The minimum absolute atomic E-state index is 0.0240. The van der Waals surface area contributed by atoms with Gasteiger partial charge in [-0.1, -0.05) is 18.1 Å². The molecule has 208 valence electrons. The van der Waals surface area contributed by atoms with Crippen LogP contribution in [0.4, 0.5) is 5.95 Å². The Bertz CT molecular complexity index is 1500. The Kier molecular flexibility index (Phi) is 8.55. The maximum Gasteiger partial charge on any atom is 0.240 e. The summed E-state index contributed by atoms with van der Waals surface area (Å²) in [5.74, 6) is 1.43. The minimum Gasteiger partial charge on any atom is -0.481 e. The third kappa shape index (κ3) is 6.57. The van der Waals surface area contributed by atoms with Crippen LogP contribution >= 0.6 is 0 Å². The first-order chi connectivity index (χ1) is 18.6. The fourth-order valence-corrected chi connectivity index (χ4v) is 4.83. The Morgan fingerprint density at radius 3 is 2.51 bits per heavy atom. The van der Waals surface area contributed by atoms with Gasteiger partial charge in [-0.3, -0.25) is 9.29 Å². The van der Waals surface area contributed by atoms with Crippen LogP contribution in [0.2, 0.25) is 0 Å². The van der Waals surface area contributed by atoms with Crippen molar-refractivity contribution in [3.63, 3.8) is 0 Å². The summed E-state index contributed by atoms with van der Waals surface area (Å²) in [6.45, 7) is 9.09. The van der Waals surface area contributed by atoms with E-state index in [4.69, 9.17) is 14.0 Å². The number of aromatic nitrogens is 7. The molecule has 0 aliphatic heterocycles. The molecule has 2 unspecified atom stereocenters. The zero-order valence-electron chi connectivity index (χ0n) is 22.7. The van der Waals surface area contributed by atoms with Gasteiger partial charge in [0.25, 0.3) is 0 Å². The molecule has 4 rings (SSSR count). The number of nitrogens with one attached hydrogen (secondary N) is 1. The first-order valence-electron chi connectivity index (χ1n) is 12.5. The molecule has 4 aromatic heterocycles. The van der Waals surface area contributed by atoms with Crippen molar-refractivity contribution in [2.45, 2.75) is 65.0 Å². The lowest BCUT2D eigenvalue weighted by molar-refractivity contribution is 0.00152. The van der Waals surface area contributed by atoms with E-state index in [1.165, 1.54) is 14.0 Å². The van der Waals surface area contributed by atoms with E-state index in [-0.39, 0.29) is 24.4 Å². The molecule has 13 nitrogen and oxygen atoms in total. The van der Waals surface area contributed by atoms with Crippen LogP contribution in [0.3, 0.4) is 0 Å². The number of pyridine rings is 1. The monoisotopic (exact) mass is 556 g/mol. The van der Waals surface area contributed by atoms with Crippen LogP contribution in [-0.4, -0.2) is 61.8 Å². The molecule has 4 aromatic rings. The number of aryl methyl sites for hydroxylation is 2. The second-order valence-electron chi connectivity index (χ2n) is 9.21. The molecule has 0 saturated heterocycles. The predicted molar refractivity (Wildman–Crippen MR) is 143 cm³/mol. The number of ether oxygens (including phenoxy) is 2. The van der Waals surface area contributed by atoms with Crippen molar-refractivity contribution in [2.75, 3.05) is 11.8 Å². The van der Waals surface area contributed by atoms with Crippen molar-refractivity contribution in [3.05, 3.63) is 59.5 Å². The topological polar surface area (TPSA) is 160 Å². The first kappa shape index (κ1) is 28.1. The van der Waals surface area contributed by atoms with Crippen LogP contribution in [-0.2, 0) is 27.7 Å². The summed E-state index contributed by atoms with van der Waals surface area (Å²) in [5.41, 5.74) is 2.05. The molecule has 0 aliphatic rings. The van der Waals surface area contributed by atoms with Gasteiger partial charge in [-0.25, -0.2) is 23.4 Å². The molecule has 4 heterocycles. The van der Waals surface area contributed by atoms with Gasteiger partial charge in [0.2, 0.25) is 21.9 Å². The van der Waals surface area contributed by atoms with Crippen LogP contribution in [0.25, 0.3) is 11.5 Å². The number of sulfonamides is 1. The zero-order valence-corrected chi connectivity index (χ0v) is 23.5. The maximum atomic E-state index is 13.7. The van der Waals surface area contributed by atoms with Gasteiger partial charge >= 0.3 is 0 Å². The van der Waals surface area contributed by atoms with Gasteiger partial charge < -0.3 is 14.0 Å². The second-order valence-corrected chi connectivity index (χ2v) is 11.3. The lowest BCUT2D eigenvalue weighted by Gasteiger charge is -2.25. The average Bonchev–Trinajstić information content (AvgIpc) is 3.54. The van der Waals surface area contributed by atoms with Crippen molar-refractivity contribution < 1.29 is 22.4 Å². The second kappa shape index (κ2) is 11.9. The Morgan fingerprint density at radius 1 is 1.13 bits per heavy atom. The quantitative estimate of drug-likeness (QED) is 0.272. The first-order valence-corrected chi connectivity index (χ1v) is 14.0. The van der Waals surface area contributed by atoms with Gasteiger partial charge in [0, 0.05) is 24.5 Å². The number of hydrogen-bond acceptors (Lipinski definition) is 11. The predicted octanol–water partition coefficient (Wildman–Crippen LogP) is 3.34. The Hall–Kier alpha value is -3.91. The number of hydrogen-bond donors (Lipinski definition) is 1. The van der Waals surface area contributed by atoms with Crippen molar-refractivity contribution in [1.29, 1.82) is 0 Å². The minimum atomic E-state index is -4.08. The number of nitrogens with zero attached hydrogens (tertiary/aromatic N) is 7. The van der Waals surface area contributed by atoms with E-state index in [1.807, 2.05) is 27.7 Å². The van der Waals surface area contributed by atoms with Crippen molar-refractivity contribution in [1.82, 2.24) is 34.9 Å². The van der Waals surface area contributed by atoms with E-state index < -0.39 is 21.4 Å². The molecule has 14 heteroatoms. The summed E-state index contributed by atoms with van der Waals surface area (Å²) >= 11 is 0. The van der Waals surface area contributed by atoms with Crippen LogP contribution in [0, 0.1) is 6.92 Å². The maximum absolute atomic E-state index is 13.7. The zero-order chi connectivity index (χ0) is 28.2. The third-order valence-corrected chi connectivity index (χ3v) is 7.51. The van der Waals surface area contributed by atoms with E-state index in [0.717, 1.165) is 11.3 Å². The molecule has 0 saturated carbocycles. The molecule has 0 aliphatic carbocycles. The van der Waals surface area contributed by atoms with Gasteiger partial charge in [0.15, 0.2) is 17.4 Å². The molecule has 39 heavy (non-hydrogen) atoms. The molecule has 0 radical (unpaired) electrons. The molecule has 0 amide bonds. The molecular weight excluding hydrogens is 524 g/mol. The van der Waals surface area contributed by atoms with Crippen LogP contribution in [0.1, 0.15) is 56.6 Å². The fourth-order valence-electron chi connectivity index (χ4n) is 3.73. The lowest BCUT2D eigenvalue weighted by atomic mass is 10.2. The molecule has 1 N–H and O–H groups in total. The summed E-state index contributed by atoms with van der Waals surface area (Å²) < 4.78 is 48.2. The highest BCUT2D eigenvalue weighted by atomic mass is 32.2. The van der Waals surface area contributed by atoms with E-state index in [9.17, 15) is 8.42 Å². The highest BCUT2D eigenvalue weighted by molar-refractivity contribution is 7.93. The van der Waals surface area contributed by atoms with Crippen molar-refractivity contribution in [2.24, 2.45) is 0 Å². The van der Waals surface area contributed by atoms with Gasteiger partial charge in [-0.2, -0.15) is 0 Å². The number of anilines is 1. The van der Waals surface area contributed by atoms with Crippen LogP contribution < -0.4 is 9.46 Å². The standard InChI is InChI=1S/C25H32N8O5S/c1-7-18-11-19(38-31-18)14-33-24(20-9-8-10-21(28-20)36-6)29-30-25(33)32-39(34,35)17(5)22(37-15(2)3)23-26-12-16(4)13-27-23/h8-13,15,17,22H,7,14H2,1-6H3,(H,30,32). The fraction of sp³-hybridized carbons (Fsp3) is 0.440. The van der Waals surface area contributed by atoms with Crippen LogP contribution in [0.5, 0.6) is 5.88 Å². The Morgan fingerprint density at radius 2 is 1.87 bits per heavy atom. The summed E-state index contributed by atoms with van der Waals surface area (Å²) in [4.78, 5) is 13.1. The highest BCUT2D eigenvalue weighted by Crippen LogP contribution is 2.28. The van der Waals surface area contributed by atoms with E-state index in [0.29, 0.717) is 29.6 Å². The van der Waals surface area contributed by atoms with Crippen LogP contribution in [0.15, 0.2) is 41.2 Å². The third-order valence-electron chi connectivity index (χ3n) is 5.82. The lowest BCUT2D eigenvalue weighted by Crippen LogP contribution is -2.35. The Labute approximate surface area is 227 Å². The van der Waals surface area contributed by atoms with Gasteiger partial charge in [-0.05, 0) is 45.7 Å². The molecule has 0 aromatic carbocycles. The van der Waals surface area contributed by atoms with Gasteiger partial charge in [-0.15, -0.1) is 10.2 Å². The summed E-state index contributed by atoms with van der Waals surface area (Å²) in [6, 6.07) is 6.97. The summed E-state index contributed by atoms with van der Waals surface area (Å²) in [5, 5.41) is 11.3. The van der Waals surface area contributed by atoms with Gasteiger partial charge in [0.05, 0.1) is 25.5 Å². The molecule has 0 spiro atoms. The van der Waals surface area contributed by atoms with Gasteiger partial charge in [0.1, 0.15) is 17.0 Å². The van der Waals surface area contributed by atoms with E-state index in [1.54, 1.807) is 41.2 Å². The SMILES string of the molecule is CCc1cc(Cn2c(NS(=O)(=O)C(C)C(OC(C)C)c3ncc(C)cn3)nnc2-c2cccc(OC)n2)on1. The molecule has 2 atom stereocenters. The molecular formula is C25H32N8O5S. The van der Waals surface area contributed by atoms with Crippen molar-refractivity contribution in [3.8, 4) is 17.4 Å². The molecule has 0 fully saturated rings. The highest BCUT2D eigenvalue weighted by Gasteiger charge is 2.35. The number of methoxy groups -OCH3 is 1. The summed E-state index contributed by atoms with van der Waals surface area (Å²) in [7, 11) is -2.58.